The lowest BCUT2D eigenvalue weighted by Gasteiger charge is -2.29. The van der Waals surface area contributed by atoms with E-state index in [0.29, 0.717) is 24.2 Å². The zero-order valence-electron chi connectivity index (χ0n) is 13.5. The minimum atomic E-state index is -0.479. The molecule has 0 radical (unpaired) electrons. The van der Waals surface area contributed by atoms with Crippen LogP contribution in [-0.2, 0) is 11.3 Å². The topological polar surface area (TPSA) is 81.9 Å². The number of methoxy groups -OCH3 is 1. The van der Waals surface area contributed by atoms with E-state index in [9.17, 15) is 4.79 Å². The maximum absolute atomic E-state index is 12.1. The molecule has 2 aromatic rings. The van der Waals surface area contributed by atoms with Crippen LogP contribution in [0.1, 0.15) is 38.3 Å². The summed E-state index contributed by atoms with van der Waals surface area (Å²) < 4.78 is 7.26. The zero-order chi connectivity index (χ0) is 16.2. The van der Waals surface area contributed by atoms with Gasteiger partial charge in [0.05, 0.1) is 30.3 Å². The predicted octanol–water partition coefficient (Wildman–Crippen LogP) is 2.20. The van der Waals surface area contributed by atoms with Crippen molar-refractivity contribution in [1.82, 2.24) is 19.7 Å². The van der Waals surface area contributed by atoms with Gasteiger partial charge in [-0.2, -0.15) is 5.10 Å². The summed E-state index contributed by atoms with van der Waals surface area (Å²) in [5.41, 5.74) is 2.09. The van der Waals surface area contributed by atoms with Crippen LogP contribution in [0.25, 0.3) is 11.3 Å². The molecule has 0 bridgehead atoms. The van der Waals surface area contributed by atoms with Crippen molar-refractivity contribution < 1.29 is 9.53 Å². The summed E-state index contributed by atoms with van der Waals surface area (Å²) in [6.07, 6.45) is 3.80. The van der Waals surface area contributed by atoms with Crippen molar-refractivity contribution in [2.45, 2.75) is 39.2 Å². The van der Waals surface area contributed by atoms with E-state index in [0.717, 1.165) is 29.8 Å². The number of fused-ring (bicyclic) bond motifs is 1. The largest absolute Gasteiger partial charge is 0.480 e. The minimum absolute atomic E-state index is 0.00939. The summed E-state index contributed by atoms with van der Waals surface area (Å²) in [5.74, 6) is 1.70. The van der Waals surface area contributed by atoms with Crippen molar-refractivity contribution in [2.24, 2.45) is 5.41 Å². The number of anilines is 1. The molecule has 23 heavy (non-hydrogen) atoms. The molecule has 0 saturated heterocycles. The van der Waals surface area contributed by atoms with Gasteiger partial charge in [-0.05, 0) is 26.7 Å². The molecule has 1 saturated carbocycles. The summed E-state index contributed by atoms with van der Waals surface area (Å²) in [5, 5.41) is 7.59. The number of amides is 1. The number of rotatable bonds is 3. The third-order valence-electron chi connectivity index (χ3n) is 4.44. The molecule has 120 valence electrons. The molecule has 2 aromatic heterocycles. The normalized spacial score (nSPS) is 19.2. The van der Waals surface area contributed by atoms with Crippen LogP contribution in [0.15, 0.2) is 12.4 Å². The van der Waals surface area contributed by atoms with Crippen molar-refractivity contribution in [2.75, 3.05) is 12.4 Å². The molecule has 1 aliphatic carbocycles. The number of carbonyl (C=O) groups is 1. The van der Waals surface area contributed by atoms with Gasteiger partial charge in [0.2, 0.25) is 11.8 Å². The van der Waals surface area contributed by atoms with Crippen LogP contribution in [0.5, 0.6) is 5.88 Å². The summed E-state index contributed by atoms with van der Waals surface area (Å²) in [6.45, 7) is 4.37. The van der Waals surface area contributed by atoms with Crippen LogP contribution in [0.3, 0.4) is 0 Å². The molecule has 0 aromatic carbocycles. The summed E-state index contributed by atoms with van der Waals surface area (Å²) in [4.78, 5) is 20.8. The van der Waals surface area contributed by atoms with E-state index in [2.05, 4.69) is 20.4 Å². The highest BCUT2D eigenvalue weighted by Gasteiger charge is 2.36. The van der Waals surface area contributed by atoms with E-state index in [4.69, 9.17) is 4.74 Å². The first-order valence-corrected chi connectivity index (χ1v) is 7.78. The van der Waals surface area contributed by atoms with E-state index in [1.165, 1.54) is 6.33 Å². The molecule has 1 aliphatic heterocycles. The van der Waals surface area contributed by atoms with Crippen LogP contribution in [-0.4, -0.2) is 32.8 Å². The van der Waals surface area contributed by atoms with E-state index in [-0.39, 0.29) is 5.91 Å². The summed E-state index contributed by atoms with van der Waals surface area (Å²) in [7, 11) is 1.60. The van der Waals surface area contributed by atoms with E-state index < -0.39 is 5.41 Å². The maximum atomic E-state index is 12.1. The van der Waals surface area contributed by atoms with Crippen LogP contribution in [0.4, 0.5) is 5.82 Å². The first kappa shape index (κ1) is 14.2. The van der Waals surface area contributed by atoms with Gasteiger partial charge in [-0.25, -0.2) is 14.6 Å². The van der Waals surface area contributed by atoms with Crippen LogP contribution >= 0.6 is 0 Å². The van der Waals surface area contributed by atoms with Crippen LogP contribution < -0.4 is 10.1 Å². The monoisotopic (exact) mass is 313 g/mol. The lowest BCUT2D eigenvalue weighted by Crippen LogP contribution is -2.40. The Morgan fingerprint density at radius 3 is 2.83 bits per heavy atom. The molecule has 7 heteroatoms. The summed E-state index contributed by atoms with van der Waals surface area (Å²) in [6, 6.07) is 1.88. The SMILES string of the molecule is COc1ncnc(C2CC2)c1-c1cc2n(n1)CC(C)(C)C(=O)N2. The Morgan fingerprint density at radius 1 is 1.35 bits per heavy atom. The molecule has 4 rings (SSSR count). The Kier molecular flexibility index (Phi) is 2.94. The fraction of sp³-hybridized carbons (Fsp3) is 0.500. The van der Waals surface area contributed by atoms with Crippen molar-refractivity contribution >= 4 is 11.7 Å². The average molecular weight is 313 g/mol. The predicted molar refractivity (Wildman–Crippen MR) is 84.2 cm³/mol. The molecular weight excluding hydrogens is 294 g/mol. The van der Waals surface area contributed by atoms with Crippen LogP contribution in [0, 0.1) is 5.41 Å². The number of nitrogens with zero attached hydrogens (tertiary/aromatic N) is 4. The molecule has 0 unspecified atom stereocenters. The van der Waals surface area contributed by atoms with Gasteiger partial charge in [-0.1, -0.05) is 0 Å². The lowest BCUT2D eigenvalue weighted by atomic mass is 9.91. The van der Waals surface area contributed by atoms with Crippen molar-refractivity contribution in [3.05, 3.63) is 18.1 Å². The maximum Gasteiger partial charge on any atom is 0.233 e. The highest BCUT2D eigenvalue weighted by Crippen LogP contribution is 2.45. The first-order valence-electron chi connectivity index (χ1n) is 7.78. The van der Waals surface area contributed by atoms with Crippen LogP contribution in [0.2, 0.25) is 0 Å². The Hall–Kier alpha value is -2.44. The summed E-state index contributed by atoms with van der Waals surface area (Å²) >= 11 is 0. The smallest absolute Gasteiger partial charge is 0.233 e. The molecular formula is C16H19N5O2. The third kappa shape index (κ3) is 2.27. The first-order chi connectivity index (χ1) is 11.0. The molecule has 0 spiro atoms. The third-order valence-corrected chi connectivity index (χ3v) is 4.44. The van der Waals surface area contributed by atoms with Gasteiger partial charge in [0.25, 0.3) is 0 Å². The van der Waals surface area contributed by atoms with Gasteiger partial charge >= 0.3 is 0 Å². The average Bonchev–Trinajstić information content (AvgIpc) is 3.29. The Balaban J connectivity index is 1.83. The lowest BCUT2D eigenvalue weighted by molar-refractivity contribution is -0.125. The number of hydrogen-bond donors (Lipinski definition) is 1. The highest BCUT2D eigenvalue weighted by atomic mass is 16.5. The molecule has 1 N–H and O–H groups in total. The minimum Gasteiger partial charge on any atom is -0.480 e. The molecule has 1 amide bonds. The second kappa shape index (κ2) is 4.78. The highest BCUT2D eigenvalue weighted by molar-refractivity contribution is 5.96. The fourth-order valence-electron chi connectivity index (χ4n) is 2.94. The molecule has 2 aliphatic rings. The van der Waals surface area contributed by atoms with Crippen molar-refractivity contribution in [3.8, 4) is 17.1 Å². The number of nitrogens with one attached hydrogen (secondary N) is 1. The van der Waals surface area contributed by atoms with Gasteiger partial charge in [0.15, 0.2) is 0 Å². The Labute approximate surface area is 134 Å². The van der Waals surface area contributed by atoms with Gasteiger partial charge in [-0.3, -0.25) is 4.79 Å². The van der Waals surface area contributed by atoms with Crippen molar-refractivity contribution in [1.29, 1.82) is 0 Å². The quantitative estimate of drug-likeness (QED) is 0.939. The van der Waals surface area contributed by atoms with Gasteiger partial charge in [-0.15, -0.1) is 0 Å². The molecule has 7 nitrogen and oxygen atoms in total. The zero-order valence-corrected chi connectivity index (χ0v) is 13.5. The van der Waals surface area contributed by atoms with Gasteiger partial charge in [0.1, 0.15) is 17.8 Å². The van der Waals surface area contributed by atoms with Gasteiger partial charge < -0.3 is 10.1 Å². The Bertz CT molecular complexity index is 792. The molecule has 0 atom stereocenters. The standard InChI is InChI=1S/C16H19N5O2/c1-16(2)7-21-11(19-15(16)22)6-10(20-21)12-13(9-4-5-9)17-8-18-14(12)23-3/h6,8-9H,4-5,7H2,1-3H3,(H,19,22). The molecule has 3 heterocycles. The number of aromatic nitrogens is 4. The Morgan fingerprint density at radius 2 is 2.13 bits per heavy atom. The van der Waals surface area contributed by atoms with E-state index in [1.54, 1.807) is 7.11 Å². The fourth-order valence-corrected chi connectivity index (χ4v) is 2.94. The van der Waals surface area contributed by atoms with E-state index >= 15 is 0 Å². The second-order valence-corrected chi connectivity index (χ2v) is 6.83. The number of hydrogen-bond acceptors (Lipinski definition) is 5. The number of carbonyl (C=O) groups excluding carboxylic acids is 1. The number of ether oxygens (including phenoxy) is 1. The van der Waals surface area contributed by atoms with E-state index in [1.807, 2.05) is 24.6 Å². The van der Waals surface area contributed by atoms with Gasteiger partial charge in [0, 0.05) is 12.0 Å². The molecule has 1 fully saturated rings. The second-order valence-electron chi connectivity index (χ2n) is 6.83. The van der Waals surface area contributed by atoms with Crippen molar-refractivity contribution in [3.63, 3.8) is 0 Å².